The van der Waals surface area contributed by atoms with Crippen LogP contribution in [0.5, 0.6) is 0 Å². The Morgan fingerprint density at radius 2 is 1.88 bits per heavy atom. The Kier molecular flexibility index (Phi) is 3.71. The first-order chi connectivity index (χ1) is 12.3. The van der Waals surface area contributed by atoms with E-state index in [1.165, 1.54) is 6.42 Å². The van der Waals surface area contributed by atoms with Gasteiger partial charge in [0.1, 0.15) is 5.66 Å². The van der Waals surface area contributed by atoms with Crippen LogP contribution in [0.25, 0.3) is 0 Å². The highest BCUT2D eigenvalue weighted by Gasteiger charge is 2.44. The third-order valence-electron chi connectivity index (χ3n) is 5.73. The van der Waals surface area contributed by atoms with Gasteiger partial charge in [0.05, 0.1) is 11.4 Å². The van der Waals surface area contributed by atoms with Gasteiger partial charge in [0.2, 0.25) is 17.8 Å². The summed E-state index contributed by atoms with van der Waals surface area (Å²) in [4.78, 5) is 23.3. The number of nitrogens with two attached hydrogens (primary N) is 2. The highest BCUT2D eigenvalue weighted by Crippen LogP contribution is 2.46. The third kappa shape index (κ3) is 2.53. The number of nitrogens with one attached hydrogen (secondary N) is 1. The molecule has 1 aromatic rings. The van der Waals surface area contributed by atoms with Gasteiger partial charge >= 0.3 is 0 Å². The maximum Gasteiger partial charge on any atom is 0.225 e. The molecule has 0 unspecified atom stereocenters. The normalized spacial score (nSPS) is 23.8. The number of anilines is 2. The zero-order valence-electron chi connectivity index (χ0n) is 15.4. The van der Waals surface area contributed by atoms with Gasteiger partial charge in [-0.1, -0.05) is 32.4 Å². The van der Waals surface area contributed by atoms with Crippen molar-refractivity contribution in [2.24, 2.45) is 21.5 Å². The number of fused-ring (bicyclic) bond motifs is 1. The van der Waals surface area contributed by atoms with Crippen LogP contribution in [-0.2, 0) is 10.2 Å². The second kappa shape index (κ2) is 5.72. The van der Waals surface area contributed by atoms with Gasteiger partial charge in [0.25, 0.3) is 0 Å². The van der Waals surface area contributed by atoms with Crippen LogP contribution >= 0.6 is 0 Å². The summed E-state index contributed by atoms with van der Waals surface area (Å²) in [6.45, 7) is 4.18. The Hall–Kier alpha value is -2.57. The number of hydrogen-bond donors (Lipinski definition) is 3. The lowest BCUT2D eigenvalue weighted by atomic mass is 9.77. The minimum atomic E-state index is -0.518. The molecule has 7 nitrogen and oxygen atoms in total. The van der Waals surface area contributed by atoms with Gasteiger partial charge < -0.3 is 16.8 Å². The van der Waals surface area contributed by atoms with E-state index >= 15 is 0 Å². The zero-order valence-corrected chi connectivity index (χ0v) is 15.4. The first-order valence-electron chi connectivity index (χ1n) is 9.25. The second-order valence-electron chi connectivity index (χ2n) is 8.13. The minimum absolute atomic E-state index is 0.0168. The smallest absolute Gasteiger partial charge is 0.225 e. The molecule has 0 atom stereocenters. The van der Waals surface area contributed by atoms with Crippen LogP contribution in [-0.4, -0.2) is 23.5 Å². The summed E-state index contributed by atoms with van der Waals surface area (Å²) in [6.07, 6.45) is 5.50. The van der Waals surface area contributed by atoms with Crippen molar-refractivity contribution in [3.8, 4) is 0 Å². The molecule has 0 aromatic heterocycles. The summed E-state index contributed by atoms with van der Waals surface area (Å²) in [6, 6.07) is 6.07. The summed E-state index contributed by atoms with van der Waals surface area (Å²) < 4.78 is 0. The van der Waals surface area contributed by atoms with Gasteiger partial charge in [0, 0.05) is 11.8 Å². The van der Waals surface area contributed by atoms with Crippen molar-refractivity contribution in [2.75, 3.05) is 10.2 Å². The maximum absolute atomic E-state index is 12.3. The van der Waals surface area contributed by atoms with Crippen molar-refractivity contribution in [3.05, 3.63) is 23.8 Å². The lowest BCUT2D eigenvalue weighted by Gasteiger charge is -2.47. The van der Waals surface area contributed by atoms with E-state index in [0.29, 0.717) is 12.4 Å². The fraction of sp³-hybridized carbons (Fsp3) is 0.526. The lowest BCUT2D eigenvalue weighted by molar-refractivity contribution is -0.117. The summed E-state index contributed by atoms with van der Waals surface area (Å²) >= 11 is 0. The average molecular weight is 354 g/mol. The lowest BCUT2D eigenvalue weighted by Crippen LogP contribution is -2.58. The van der Waals surface area contributed by atoms with Crippen molar-refractivity contribution in [1.82, 2.24) is 0 Å². The van der Waals surface area contributed by atoms with E-state index in [-0.39, 0.29) is 17.3 Å². The number of nitrogens with zero attached hydrogens (tertiary/aromatic N) is 3. The van der Waals surface area contributed by atoms with Gasteiger partial charge in [-0.25, -0.2) is 4.99 Å². The van der Waals surface area contributed by atoms with Crippen LogP contribution in [0, 0.1) is 0 Å². The number of benzene rings is 1. The van der Waals surface area contributed by atoms with Crippen molar-refractivity contribution in [1.29, 1.82) is 0 Å². The summed E-state index contributed by atoms with van der Waals surface area (Å²) in [5, 5.41) is 3.06. The Morgan fingerprint density at radius 1 is 1.15 bits per heavy atom. The summed E-state index contributed by atoms with van der Waals surface area (Å²) in [5.74, 6) is 0.587. The number of aliphatic imine (C=N–C) groups is 2. The van der Waals surface area contributed by atoms with Crippen molar-refractivity contribution < 1.29 is 4.79 Å². The molecular formula is C19H26N6O. The van der Waals surface area contributed by atoms with Crippen LogP contribution in [0.3, 0.4) is 0 Å². The molecule has 4 rings (SSSR count). The van der Waals surface area contributed by atoms with Crippen LogP contribution in [0.2, 0.25) is 0 Å². The molecule has 2 aliphatic heterocycles. The summed E-state index contributed by atoms with van der Waals surface area (Å²) in [5.41, 5.74) is 14.3. The number of rotatable bonds is 1. The van der Waals surface area contributed by atoms with Gasteiger partial charge in [0.15, 0.2) is 0 Å². The summed E-state index contributed by atoms with van der Waals surface area (Å²) in [7, 11) is 0. The molecule has 7 heteroatoms. The van der Waals surface area contributed by atoms with Gasteiger partial charge in [-0.3, -0.25) is 9.69 Å². The fourth-order valence-electron chi connectivity index (χ4n) is 4.57. The minimum Gasteiger partial charge on any atom is -0.369 e. The van der Waals surface area contributed by atoms with E-state index in [2.05, 4.69) is 30.2 Å². The maximum atomic E-state index is 12.3. The number of amides is 1. The molecule has 1 spiro atoms. The van der Waals surface area contributed by atoms with Crippen LogP contribution < -0.4 is 21.7 Å². The van der Waals surface area contributed by atoms with E-state index in [9.17, 15) is 4.79 Å². The quantitative estimate of drug-likeness (QED) is 0.719. The van der Waals surface area contributed by atoms with Gasteiger partial charge in [-0.2, -0.15) is 4.99 Å². The Balaban J connectivity index is 1.89. The standard InChI is InChI=1S/C19H26N6O/c1-18(2)11-14(26)22-15-12(18)7-6-8-13(15)25-17(21)23-16(20)24-19(25)9-4-3-5-10-19/h6-8H,3-5,9-11H2,1-2H3,(H,22,26)(H4,20,21,23,24). The first-order valence-corrected chi connectivity index (χ1v) is 9.25. The van der Waals surface area contributed by atoms with Crippen LogP contribution in [0.4, 0.5) is 11.4 Å². The molecule has 0 bridgehead atoms. The van der Waals surface area contributed by atoms with Gasteiger partial charge in [-0.15, -0.1) is 0 Å². The van der Waals surface area contributed by atoms with E-state index in [1.807, 2.05) is 17.0 Å². The number of para-hydroxylation sites is 1. The number of hydrogen-bond acceptors (Lipinski definition) is 6. The largest absolute Gasteiger partial charge is 0.369 e. The highest BCUT2D eigenvalue weighted by molar-refractivity contribution is 6.09. The van der Waals surface area contributed by atoms with Gasteiger partial charge in [-0.05, 0) is 37.3 Å². The topological polar surface area (TPSA) is 109 Å². The Labute approximate surface area is 153 Å². The van der Waals surface area contributed by atoms with Crippen molar-refractivity contribution in [3.63, 3.8) is 0 Å². The molecule has 2 heterocycles. The third-order valence-corrected chi connectivity index (χ3v) is 5.73. The number of guanidine groups is 2. The monoisotopic (exact) mass is 354 g/mol. The average Bonchev–Trinajstić information content (AvgIpc) is 2.54. The predicted molar refractivity (Wildman–Crippen MR) is 104 cm³/mol. The first kappa shape index (κ1) is 16.9. The van der Waals surface area contributed by atoms with E-state index in [0.717, 1.165) is 42.6 Å². The van der Waals surface area contributed by atoms with Crippen LogP contribution in [0.1, 0.15) is 57.9 Å². The number of carbonyl (C=O) groups is 1. The SMILES string of the molecule is CC1(C)CC(=O)Nc2c(N3C(N)=NC(N)=NC34CCCCC4)cccc21. The second-order valence-corrected chi connectivity index (χ2v) is 8.13. The molecule has 1 aliphatic carbocycles. The van der Waals surface area contributed by atoms with E-state index in [1.54, 1.807) is 0 Å². The highest BCUT2D eigenvalue weighted by atomic mass is 16.1. The molecular weight excluding hydrogens is 328 g/mol. The fourth-order valence-corrected chi connectivity index (χ4v) is 4.57. The molecule has 1 saturated carbocycles. The Morgan fingerprint density at radius 3 is 2.62 bits per heavy atom. The number of carbonyl (C=O) groups excluding carboxylic acids is 1. The molecule has 1 amide bonds. The molecule has 26 heavy (non-hydrogen) atoms. The molecule has 1 aromatic carbocycles. The molecule has 0 radical (unpaired) electrons. The predicted octanol–water partition coefficient (Wildman–Crippen LogP) is 2.42. The molecule has 5 N–H and O–H groups in total. The Bertz CT molecular complexity index is 819. The molecule has 0 saturated heterocycles. The molecule has 138 valence electrons. The van der Waals surface area contributed by atoms with E-state index in [4.69, 9.17) is 16.5 Å². The van der Waals surface area contributed by atoms with E-state index < -0.39 is 5.66 Å². The molecule has 3 aliphatic rings. The van der Waals surface area contributed by atoms with Crippen molar-refractivity contribution in [2.45, 2.75) is 63.5 Å². The zero-order chi connectivity index (χ0) is 18.5. The van der Waals surface area contributed by atoms with Crippen molar-refractivity contribution >= 4 is 29.2 Å². The van der Waals surface area contributed by atoms with Crippen LogP contribution in [0.15, 0.2) is 28.2 Å². The molecule has 1 fully saturated rings.